The molecule has 0 saturated carbocycles. The van der Waals surface area contributed by atoms with Gasteiger partial charge in [0.05, 0.1) is 22.4 Å². The average Bonchev–Trinajstić information content (AvgIpc) is 3.38. The number of hydrogen-bond donors (Lipinski definition) is 1. The fraction of sp³-hybridized carbons (Fsp3) is 0.526. The number of hydrogen-bond acceptors (Lipinski definition) is 7. The SMILES string of the molecule is O=C(Nc1cccc(S(=O)(=O)N2CCCC2)c1)C1=NN([C@@H]2CCS(=O)(=O)C2)C(=O)CC1. The van der Waals surface area contributed by atoms with Crippen molar-refractivity contribution in [2.45, 2.75) is 43.0 Å². The molecule has 2 amide bonds. The smallest absolute Gasteiger partial charge is 0.271 e. The third-order valence-electron chi connectivity index (χ3n) is 5.67. The molecule has 4 rings (SSSR count). The quantitative estimate of drug-likeness (QED) is 0.672. The van der Waals surface area contributed by atoms with Gasteiger partial charge in [0.2, 0.25) is 15.9 Å². The zero-order valence-electron chi connectivity index (χ0n) is 16.9. The van der Waals surface area contributed by atoms with Crippen molar-refractivity contribution in [1.82, 2.24) is 9.31 Å². The Morgan fingerprint density at radius 2 is 1.90 bits per heavy atom. The van der Waals surface area contributed by atoms with Crippen LogP contribution in [0.1, 0.15) is 32.1 Å². The molecule has 0 aromatic heterocycles. The zero-order chi connectivity index (χ0) is 22.2. The Labute approximate surface area is 181 Å². The van der Waals surface area contributed by atoms with Gasteiger partial charge >= 0.3 is 0 Å². The fourth-order valence-corrected chi connectivity index (χ4v) is 7.26. The van der Waals surface area contributed by atoms with Crippen molar-refractivity contribution in [2.75, 3.05) is 29.9 Å². The largest absolute Gasteiger partial charge is 0.321 e. The topological polar surface area (TPSA) is 133 Å². The summed E-state index contributed by atoms with van der Waals surface area (Å²) in [5.41, 5.74) is 0.413. The third kappa shape index (κ3) is 4.65. The molecule has 0 unspecified atom stereocenters. The summed E-state index contributed by atoms with van der Waals surface area (Å²) in [5.74, 6) is -1.02. The van der Waals surface area contributed by atoms with Crippen LogP contribution in [0.5, 0.6) is 0 Å². The van der Waals surface area contributed by atoms with Gasteiger partial charge in [-0.3, -0.25) is 9.59 Å². The molecule has 3 aliphatic heterocycles. The predicted molar refractivity (Wildman–Crippen MR) is 114 cm³/mol. The van der Waals surface area contributed by atoms with Gasteiger partial charge in [-0.15, -0.1) is 0 Å². The lowest BCUT2D eigenvalue weighted by molar-refractivity contribution is -0.133. The molecule has 168 valence electrons. The maximum atomic E-state index is 12.7. The maximum absolute atomic E-state index is 12.7. The lowest BCUT2D eigenvalue weighted by atomic mass is 10.1. The first-order valence-electron chi connectivity index (χ1n) is 10.2. The molecule has 2 saturated heterocycles. The van der Waals surface area contributed by atoms with Gasteiger partial charge in [0.1, 0.15) is 5.71 Å². The Hall–Kier alpha value is -2.31. The molecular formula is C19H24N4O6S2. The van der Waals surface area contributed by atoms with Crippen LogP contribution >= 0.6 is 0 Å². The fourth-order valence-electron chi connectivity index (χ4n) is 4.00. The number of carbonyl (C=O) groups excluding carboxylic acids is 2. The Morgan fingerprint density at radius 1 is 1.16 bits per heavy atom. The Bertz CT molecular complexity index is 1140. The molecule has 0 aliphatic carbocycles. The highest BCUT2D eigenvalue weighted by atomic mass is 32.2. The number of benzene rings is 1. The van der Waals surface area contributed by atoms with E-state index in [0.717, 1.165) is 17.9 Å². The van der Waals surface area contributed by atoms with Crippen LogP contribution in [0.25, 0.3) is 0 Å². The first-order chi connectivity index (χ1) is 14.7. The summed E-state index contributed by atoms with van der Waals surface area (Å²) < 4.78 is 50.4. The van der Waals surface area contributed by atoms with E-state index in [2.05, 4.69) is 10.4 Å². The molecule has 12 heteroatoms. The first kappa shape index (κ1) is 21.9. The van der Waals surface area contributed by atoms with Gasteiger partial charge in [-0.25, -0.2) is 21.8 Å². The van der Waals surface area contributed by atoms with E-state index >= 15 is 0 Å². The second-order valence-electron chi connectivity index (χ2n) is 7.94. The molecule has 1 aromatic carbocycles. The highest BCUT2D eigenvalue weighted by Crippen LogP contribution is 2.25. The highest BCUT2D eigenvalue weighted by molar-refractivity contribution is 7.91. The van der Waals surface area contributed by atoms with Crippen molar-refractivity contribution in [2.24, 2.45) is 5.10 Å². The minimum Gasteiger partial charge on any atom is -0.321 e. The number of sulfone groups is 1. The minimum absolute atomic E-state index is 0.00319. The van der Waals surface area contributed by atoms with Gasteiger partial charge < -0.3 is 5.32 Å². The van der Waals surface area contributed by atoms with Crippen molar-refractivity contribution in [1.29, 1.82) is 0 Å². The Kier molecular flexibility index (Phi) is 5.88. The monoisotopic (exact) mass is 468 g/mol. The van der Waals surface area contributed by atoms with E-state index in [1.165, 1.54) is 16.4 Å². The standard InChI is InChI=1S/C19H24N4O6S2/c24-18-7-6-17(21-23(18)15-8-11-30(26,27)13-15)19(25)20-14-4-3-5-16(12-14)31(28,29)22-9-1-2-10-22/h3-5,12,15H,1-2,6-11,13H2,(H,20,25)/t15-/m1/s1. The molecule has 10 nitrogen and oxygen atoms in total. The number of rotatable bonds is 5. The summed E-state index contributed by atoms with van der Waals surface area (Å²) >= 11 is 0. The summed E-state index contributed by atoms with van der Waals surface area (Å²) in [5, 5.41) is 7.91. The molecule has 0 bridgehead atoms. The van der Waals surface area contributed by atoms with Crippen LogP contribution < -0.4 is 5.32 Å². The van der Waals surface area contributed by atoms with E-state index in [1.54, 1.807) is 12.1 Å². The van der Waals surface area contributed by atoms with Crippen LogP contribution in [0.4, 0.5) is 5.69 Å². The number of hydrazone groups is 1. The van der Waals surface area contributed by atoms with E-state index in [-0.39, 0.29) is 40.9 Å². The molecule has 1 aromatic rings. The summed E-state index contributed by atoms with van der Waals surface area (Å²) in [7, 11) is -6.82. The van der Waals surface area contributed by atoms with Crippen LogP contribution in [-0.4, -0.2) is 74.3 Å². The second kappa shape index (κ2) is 8.32. The molecule has 1 N–H and O–H groups in total. The van der Waals surface area contributed by atoms with Gasteiger partial charge in [-0.1, -0.05) is 6.07 Å². The summed E-state index contributed by atoms with van der Waals surface area (Å²) in [4.78, 5) is 25.0. The summed E-state index contributed by atoms with van der Waals surface area (Å²) in [6.45, 7) is 0.965. The number of anilines is 1. The summed E-state index contributed by atoms with van der Waals surface area (Å²) in [6.07, 6.45) is 2.14. The lowest BCUT2D eigenvalue weighted by Gasteiger charge is -2.27. The summed E-state index contributed by atoms with van der Waals surface area (Å²) in [6, 6.07) is 5.47. The Morgan fingerprint density at radius 3 is 2.58 bits per heavy atom. The highest BCUT2D eigenvalue weighted by Gasteiger charge is 2.37. The molecule has 2 fully saturated rings. The maximum Gasteiger partial charge on any atom is 0.271 e. The van der Waals surface area contributed by atoms with Crippen molar-refractivity contribution >= 4 is 43.1 Å². The molecular weight excluding hydrogens is 444 g/mol. The number of carbonyl (C=O) groups is 2. The molecule has 31 heavy (non-hydrogen) atoms. The van der Waals surface area contributed by atoms with Crippen LogP contribution in [0, 0.1) is 0 Å². The average molecular weight is 469 g/mol. The normalized spacial score (nSPS) is 24.3. The van der Waals surface area contributed by atoms with Crippen molar-refractivity contribution in [3.63, 3.8) is 0 Å². The van der Waals surface area contributed by atoms with Gasteiger partial charge in [-0.2, -0.15) is 9.41 Å². The van der Waals surface area contributed by atoms with E-state index in [0.29, 0.717) is 25.2 Å². The molecule has 1 atom stereocenters. The second-order valence-corrected chi connectivity index (χ2v) is 12.1. The Balaban J connectivity index is 1.50. The number of sulfonamides is 1. The van der Waals surface area contributed by atoms with Crippen LogP contribution in [-0.2, 0) is 29.4 Å². The van der Waals surface area contributed by atoms with Gasteiger partial charge in [-0.05, 0) is 37.5 Å². The lowest BCUT2D eigenvalue weighted by Crippen LogP contribution is -2.42. The van der Waals surface area contributed by atoms with Crippen LogP contribution in [0.15, 0.2) is 34.3 Å². The van der Waals surface area contributed by atoms with Crippen molar-refractivity contribution in [3.8, 4) is 0 Å². The van der Waals surface area contributed by atoms with E-state index in [9.17, 15) is 26.4 Å². The molecule has 3 heterocycles. The number of nitrogens with zero attached hydrogens (tertiary/aromatic N) is 3. The first-order valence-corrected chi connectivity index (χ1v) is 13.4. The minimum atomic E-state index is -3.62. The van der Waals surface area contributed by atoms with Gasteiger partial charge in [0, 0.05) is 31.6 Å². The number of amides is 2. The van der Waals surface area contributed by atoms with E-state index in [4.69, 9.17) is 0 Å². The van der Waals surface area contributed by atoms with Crippen molar-refractivity contribution < 1.29 is 26.4 Å². The van der Waals surface area contributed by atoms with E-state index < -0.39 is 31.8 Å². The predicted octanol–water partition coefficient (Wildman–Crippen LogP) is 0.575. The van der Waals surface area contributed by atoms with Crippen LogP contribution in [0.2, 0.25) is 0 Å². The van der Waals surface area contributed by atoms with Crippen molar-refractivity contribution in [3.05, 3.63) is 24.3 Å². The van der Waals surface area contributed by atoms with Gasteiger partial charge in [0.25, 0.3) is 5.91 Å². The van der Waals surface area contributed by atoms with E-state index in [1.807, 2.05) is 0 Å². The molecule has 0 spiro atoms. The third-order valence-corrected chi connectivity index (χ3v) is 9.32. The van der Waals surface area contributed by atoms with Crippen LogP contribution in [0.3, 0.4) is 0 Å². The zero-order valence-corrected chi connectivity index (χ0v) is 18.5. The van der Waals surface area contributed by atoms with Gasteiger partial charge in [0.15, 0.2) is 9.84 Å². The molecule has 3 aliphatic rings. The molecule has 0 radical (unpaired) electrons. The number of nitrogens with one attached hydrogen (secondary N) is 1.